The predicted octanol–water partition coefficient (Wildman–Crippen LogP) is 5.39. The zero-order chi connectivity index (χ0) is 13.8. The monoisotopic (exact) mass is 368 g/mol. The number of halogens is 2. The van der Waals surface area contributed by atoms with Crippen LogP contribution in [0.5, 0.6) is 0 Å². The van der Waals surface area contributed by atoms with Crippen LogP contribution in [0.4, 0.5) is 0 Å². The Morgan fingerprint density at radius 1 is 0.706 bits per heavy atom. The Morgan fingerprint density at radius 3 is 1.06 bits per heavy atom. The van der Waals surface area contributed by atoms with Crippen molar-refractivity contribution in [2.24, 2.45) is 0 Å². The Bertz CT molecular complexity index is 371. The van der Waals surface area contributed by atoms with Gasteiger partial charge in [0, 0.05) is 0 Å². The molecular weight excluding hydrogens is 344 g/mol. The normalized spacial score (nSPS) is 21.5. The molecule has 0 radical (unpaired) electrons. The fourth-order valence-electron chi connectivity index (χ4n) is 3.04. The molecule has 0 amide bonds. The maximum absolute atomic E-state index is 6.97. The molecule has 98 valence electrons. The molecule has 5 heteroatoms. The van der Waals surface area contributed by atoms with Gasteiger partial charge in [-0.1, -0.05) is 0 Å². The van der Waals surface area contributed by atoms with Gasteiger partial charge in [-0.15, -0.1) is 0 Å². The van der Waals surface area contributed by atoms with E-state index in [1.54, 1.807) is 0 Å². The number of rotatable bonds is 2. The van der Waals surface area contributed by atoms with Crippen LogP contribution in [0, 0.1) is 0 Å². The summed E-state index contributed by atoms with van der Waals surface area (Å²) in [6.07, 6.45) is 0. The summed E-state index contributed by atoms with van der Waals surface area (Å²) in [6, 6.07) is 0. The Kier molecular flexibility index (Phi) is 4.31. The molecule has 17 heavy (non-hydrogen) atoms. The molecule has 0 saturated heterocycles. The summed E-state index contributed by atoms with van der Waals surface area (Å²) in [7, 11) is 11.1. The first-order chi connectivity index (χ1) is 7.31. The van der Waals surface area contributed by atoms with Crippen molar-refractivity contribution >= 4 is 47.6 Å². The van der Waals surface area contributed by atoms with Gasteiger partial charge in [-0.05, 0) is 0 Å². The third-order valence-corrected chi connectivity index (χ3v) is 32.0. The second-order valence-electron chi connectivity index (χ2n) is 7.07. The van der Waals surface area contributed by atoms with Crippen LogP contribution in [0.2, 0.25) is 39.3 Å². The van der Waals surface area contributed by atoms with Crippen LogP contribution in [0.3, 0.4) is 0 Å². The Hall–Kier alpha value is 1.04. The van der Waals surface area contributed by atoms with Gasteiger partial charge in [0.25, 0.3) is 0 Å². The summed E-state index contributed by atoms with van der Waals surface area (Å²) >= 11 is -2.94. The zero-order valence-electron chi connectivity index (χ0n) is 12.3. The maximum atomic E-state index is 6.97. The first-order valence-electron chi connectivity index (χ1n) is 6.13. The van der Waals surface area contributed by atoms with Gasteiger partial charge in [0.2, 0.25) is 0 Å². The molecule has 0 aromatic rings. The van der Waals surface area contributed by atoms with Crippen molar-refractivity contribution in [3.8, 4) is 0 Å². The van der Waals surface area contributed by atoms with Gasteiger partial charge in [-0.25, -0.2) is 0 Å². The van der Waals surface area contributed by atoms with Crippen molar-refractivity contribution in [3.05, 3.63) is 19.2 Å². The second kappa shape index (κ2) is 4.55. The van der Waals surface area contributed by atoms with E-state index in [9.17, 15) is 0 Å². The molecule has 1 rings (SSSR count). The molecule has 0 N–H and O–H groups in total. The van der Waals surface area contributed by atoms with Gasteiger partial charge >= 0.3 is 120 Å². The first kappa shape index (κ1) is 16.1. The zero-order valence-corrected chi connectivity index (χ0v) is 17.9. The van der Waals surface area contributed by atoms with Gasteiger partial charge in [0.15, 0.2) is 0 Å². The van der Waals surface area contributed by atoms with Crippen molar-refractivity contribution in [1.29, 1.82) is 0 Å². The molecule has 0 bridgehead atoms. The van der Waals surface area contributed by atoms with E-state index in [0.717, 1.165) is 0 Å². The summed E-state index contributed by atoms with van der Waals surface area (Å²) in [6.45, 7) is 18.7. The molecular formula is C12H24Cl2GeSi2. The summed E-state index contributed by atoms with van der Waals surface area (Å²) in [4.78, 5) is 0. The minimum absolute atomic E-state index is 1.41. The van der Waals surface area contributed by atoms with E-state index in [0.29, 0.717) is 0 Å². The number of allylic oxidation sites excluding steroid dienone is 2. The van der Waals surface area contributed by atoms with Crippen LogP contribution in [-0.2, 0) is 0 Å². The average Bonchev–Trinajstić information content (AvgIpc) is 2.13. The molecule has 0 aliphatic carbocycles. The second-order valence-corrected chi connectivity index (χ2v) is 30.6. The fourth-order valence-corrected chi connectivity index (χ4v) is 45.3. The Balaban J connectivity index is 3.49. The summed E-state index contributed by atoms with van der Waals surface area (Å²) in [5.41, 5.74) is 2.87. The molecule has 0 saturated carbocycles. The topological polar surface area (TPSA) is 0 Å². The SMILES string of the molecule is CC1=[C]([Si](C)(C)C)[Ge]([Cl])([Cl])[C]([Si](C)(C)C)=C1C. The number of hydrogen-bond acceptors (Lipinski definition) is 0. The molecule has 0 spiro atoms. The van der Waals surface area contributed by atoms with Crippen LogP contribution in [0.25, 0.3) is 0 Å². The molecule has 1 heterocycles. The van der Waals surface area contributed by atoms with E-state index >= 15 is 0 Å². The van der Waals surface area contributed by atoms with Crippen molar-refractivity contribution in [2.45, 2.75) is 53.1 Å². The molecule has 0 aromatic carbocycles. The van der Waals surface area contributed by atoms with E-state index in [-0.39, 0.29) is 0 Å². The molecule has 0 fully saturated rings. The third kappa shape index (κ3) is 2.81. The van der Waals surface area contributed by atoms with Gasteiger partial charge in [-0.2, -0.15) is 0 Å². The van der Waals surface area contributed by atoms with Crippen LogP contribution in [0.1, 0.15) is 13.8 Å². The minimum atomic E-state index is -2.94. The van der Waals surface area contributed by atoms with E-state index in [1.807, 2.05) is 0 Å². The van der Waals surface area contributed by atoms with E-state index in [4.69, 9.17) is 20.0 Å². The van der Waals surface area contributed by atoms with E-state index in [1.165, 1.54) is 19.2 Å². The summed E-state index contributed by atoms with van der Waals surface area (Å²) in [5.74, 6) is 0. The van der Waals surface area contributed by atoms with Crippen LogP contribution in [0.15, 0.2) is 19.2 Å². The van der Waals surface area contributed by atoms with Gasteiger partial charge in [-0.3, -0.25) is 0 Å². The molecule has 1 aliphatic heterocycles. The van der Waals surface area contributed by atoms with Crippen LogP contribution >= 0.6 is 20.0 Å². The van der Waals surface area contributed by atoms with E-state index in [2.05, 4.69) is 53.1 Å². The molecule has 1 aliphatic rings. The summed E-state index contributed by atoms with van der Waals surface area (Å²) < 4.78 is 3.02. The Labute approximate surface area is 119 Å². The molecule has 0 aromatic heterocycles. The summed E-state index contributed by atoms with van der Waals surface area (Å²) in [5, 5.41) is 0. The van der Waals surface area contributed by atoms with Crippen LogP contribution in [-0.4, -0.2) is 27.6 Å². The number of hydrogen-bond donors (Lipinski definition) is 0. The fraction of sp³-hybridized carbons (Fsp3) is 0.667. The van der Waals surface area contributed by atoms with Crippen LogP contribution < -0.4 is 0 Å². The first-order valence-corrected chi connectivity index (χ1v) is 20.7. The molecule has 0 nitrogen and oxygen atoms in total. The van der Waals surface area contributed by atoms with E-state index < -0.39 is 27.6 Å². The van der Waals surface area contributed by atoms with Crippen molar-refractivity contribution in [2.75, 3.05) is 0 Å². The standard InChI is InChI=1S/C12H24Cl2GeSi2/c1-9-10(2)12(17(6,7)8)15(13,14)11(9)16(3,4)5/h1-8H3. The van der Waals surface area contributed by atoms with Crippen molar-refractivity contribution in [1.82, 2.24) is 0 Å². The molecule has 0 unspecified atom stereocenters. The third-order valence-electron chi connectivity index (χ3n) is 3.44. The van der Waals surface area contributed by atoms with Gasteiger partial charge in [0.05, 0.1) is 0 Å². The van der Waals surface area contributed by atoms with Crippen molar-refractivity contribution in [3.63, 3.8) is 0 Å². The van der Waals surface area contributed by atoms with Gasteiger partial charge < -0.3 is 0 Å². The van der Waals surface area contributed by atoms with Crippen molar-refractivity contribution < 1.29 is 0 Å². The Morgan fingerprint density at radius 2 is 0.941 bits per heavy atom. The quantitative estimate of drug-likeness (QED) is 0.574. The predicted molar refractivity (Wildman–Crippen MR) is 89.6 cm³/mol. The average molecular weight is 368 g/mol. The molecule has 0 atom stereocenters. The van der Waals surface area contributed by atoms with Gasteiger partial charge in [0.1, 0.15) is 0 Å².